The second-order valence-corrected chi connectivity index (χ2v) is 5.51. The molecular formula is C11H19NOS. The zero-order valence-electron chi connectivity index (χ0n) is 8.87. The van der Waals surface area contributed by atoms with E-state index in [4.69, 9.17) is 0 Å². The molecule has 2 fully saturated rings. The summed E-state index contributed by atoms with van der Waals surface area (Å²) in [4.78, 5) is 14.1. The largest absolute Gasteiger partial charge is 0.298 e. The van der Waals surface area contributed by atoms with Crippen molar-refractivity contribution in [3.05, 3.63) is 0 Å². The van der Waals surface area contributed by atoms with E-state index in [0.717, 1.165) is 37.6 Å². The summed E-state index contributed by atoms with van der Waals surface area (Å²) in [6.07, 6.45) is 7.84. The highest BCUT2D eigenvalue weighted by atomic mass is 32.2. The summed E-state index contributed by atoms with van der Waals surface area (Å²) in [5, 5.41) is 0.761. The van der Waals surface area contributed by atoms with E-state index in [1.54, 1.807) is 0 Å². The quantitative estimate of drug-likeness (QED) is 0.699. The van der Waals surface area contributed by atoms with Gasteiger partial charge in [0.25, 0.3) is 0 Å². The van der Waals surface area contributed by atoms with Gasteiger partial charge in [0, 0.05) is 18.2 Å². The van der Waals surface area contributed by atoms with Crippen LogP contribution in [-0.4, -0.2) is 41.3 Å². The molecule has 2 nitrogen and oxygen atoms in total. The number of rotatable bonds is 2. The van der Waals surface area contributed by atoms with Crippen molar-refractivity contribution >= 4 is 17.5 Å². The highest BCUT2D eigenvalue weighted by Crippen LogP contribution is 2.27. The Morgan fingerprint density at radius 1 is 1.36 bits per heavy atom. The van der Waals surface area contributed by atoms with Gasteiger partial charge in [-0.2, -0.15) is 11.8 Å². The lowest BCUT2D eigenvalue weighted by Crippen LogP contribution is -2.45. The van der Waals surface area contributed by atoms with Crippen LogP contribution in [0, 0.1) is 0 Å². The first-order valence-electron chi connectivity index (χ1n) is 5.61. The monoisotopic (exact) mass is 213 g/mol. The lowest BCUT2D eigenvalue weighted by molar-refractivity contribution is -0.122. The normalized spacial score (nSPS) is 35.1. The Morgan fingerprint density at radius 3 is 2.86 bits per heavy atom. The standard InChI is InChI=1S/C11H19NOS/c1-14-9-4-3-7-12(8-9)10-5-2-6-11(10)13/h9-10H,2-8H2,1H3. The molecule has 0 N–H and O–H groups in total. The van der Waals surface area contributed by atoms with Gasteiger partial charge >= 0.3 is 0 Å². The molecule has 0 aromatic heterocycles. The van der Waals surface area contributed by atoms with Crippen LogP contribution in [0.5, 0.6) is 0 Å². The Balaban J connectivity index is 1.93. The molecule has 80 valence electrons. The maximum Gasteiger partial charge on any atom is 0.149 e. The minimum absolute atomic E-state index is 0.282. The van der Waals surface area contributed by atoms with Gasteiger partial charge in [-0.15, -0.1) is 0 Å². The minimum atomic E-state index is 0.282. The molecule has 0 aromatic carbocycles. The van der Waals surface area contributed by atoms with Gasteiger partial charge in [-0.1, -0.05) is 0 Å². The first kappa shape index (κ1) is 10.5. The van der Waals surface area contributed by atoms with Gasteiger partial charge in [-0.25, -0.2) is 0 Å². The molecule has 1 aliphatic carbocycles. The van der Waals surface area contributed by atoms with Crippen LogP contribution in [0.4, 0.5) is 0 Å². The Labute approximate surface area is 90.4 Å². The second kappa shape index (κ2) is 4.67. The van der Waals surface area contributed by atoms with Crippen LogP contribution in [0.2, 0.25) is 0 Å². The van der Waals surface area contributed by atoms with Crippen LogP contribution in [0.3, 0.4) is 0 Å². The summed E-state index contributed by atoms with van der Waals surface area (Å²) in [6.45, 7) is 2.28. The van der Waals surface area contributed by atoms with Crippen LogP contribution in [0.1, 0.15) is 32.1 Å². The molecule has 14 heavy (non-hydrogen) atoms. The predicted molar refractivity (Wildman–Crippen MR) is 60.8 cm³/mol. The van der Waals surface area contributed by atoms with Crippen LogP contribution < -0.4 is 0 Å². The van der Waals surface area contributed by atoms with Gasteiger partial charge in [0.2, 0.25) is 0 Å². The van der Waals surface area contributed by atoms with Gasteiger partial charge in [0.05, 0.1) is 6.04 Å². The van der Waals surface area contributed by atoms with Crippen LogP contribution >= 0.6 is 11.8 Å². The van der Waals surface area contributed by atoms with Crippen molar-refractivity contribution in [3.8, 4) is 0 Å². The topological polar surface area (TPSA) is 20.3 Å². The molecule has 2 rings (SSSR count). The second-order valence-electron chi connectivity index (χ2n) is 4.37. The van der Waals surface area contributed by atoms with E-state index >= 15 is 0 Å². The van der Waals surface area contributed by atoms with Crippen molar-refractivity contribution in [2.24, 2.45) is 0 Å². The number of carbonyl (C=O) groups excluding carboxylic acids is 1. The number of ketones is 1. The Kier molecular flexibility index (Phi) is 3.50. The molecule has 1 saturated heterocycles. The molecule has 1 heterocycles. The molecule has 2 aliphatic rings. The lowest BCUT2D eigenvalue weighted by Gasteiger charge is -2.35. The van der Waals surface area contributed by atoms with Gasteiger partial charge in [0.15, 0.2) is 0 Å². The average Bonchev–Trinajstić information content (AvgIpc) is 2.65. The molecule has 3 heteroatoms. The van der Waals surface area contributed by atoms with E-state index < -0.39 is 0 Å². The summed E-state index contributed by atoms with van der Waals surface area (Å²) < 4.78 is 0. The van der Waals surface area contributed by atoms with Crippen molar-refractivity contribution in [2.75, 3.05) is 19.3 Å². The van der Waals surface area contributed by atoms with Crippen molar-refractivity contribution in [1.82, 2.24) is 4.90 Å². The highest BCUT2D eigenvalue weighted by Gasteiger charge is 2.32. The first-order chi connectivity index (χ1) is 6.81. The summed E-state index contributed by atoms with van der Waals surface area (Å²) in [5.74, 6) is 0.492. The van der Waals surface area contributed by atoms with Crippen molar-refractivity contribution in [1.29, 1.82) is 0 Å². The smallest absolute Gasteiger partial charge is 0.149 e. The number of hydrogen-bond donors (Lipinski definition) is 0. The number of nitrogens with zero attached hydrogens (tertiary/aromatic N) is 1. The Morgan fingerprint density at radius 2 is 2.21 bits per heavy atom. The van der Waals surface area contributed by atoms with Crippen molar-refractivity contribution in [2.45, 2.75) is 43.4 Å². The van der Waals surface area contributed by atoms with Gasteiger partial charge in [-0.3, -0.25) is 9.69 Å². The van der Waals surface area contributed by atoms with E-state index in [1.807, 2.05) is 11.8 Å². The fourth-order valence-electron chi connectivity index (χ4n) is 2.63. The zero-order valence-corrected chi connectivity index (χ0v) is 9.68. The molecule has 0 aromatic rings. The van der Waals surface area contributed by atoms with Crippen molar-refractivity contribution < 1.29 is 4.79 Å². The number of Topliss-reactive ketones (excluding diaryl/α,β-unsaturated/α-hetero) is 1. The molecule has 0 spiro atoms. The molecule has 1 aliphatic heterocycles. The lowest BCUT2D eigenvalue weighted by atomic mass is 10.1. The molecule has 0 amide bonds. The van der Waals surface area contributed by atoms with Gasteiger partial charge < -0.3 is 0 Å². The Hall–Kier alpha value is -0.0200. The maximum atomic E-state index is 11.6. The number of likely N-dealkylation sites (tertiary alicyclic amines) is 1. The summed E-state index contributed by atoms with van der Waals surface area (Å²) in [7, 11) is 0. The van der Waals surface area contributed by atoms with E-state index in [0.29, 0.717) is 5.78 Å². The zero-order chi connectivity index (χ0) is 9.97. The van der Waals surface area contributed by atoms with Crippen molar-refractivity contribution in [3.63, 3.8) is 0 Å². The van der Waals surface area contributed by atoms with Crippen LogP contribution in [-0.2, 0) is 4.79 Å². The Bertz CT molecular complexity index is 219. The molecule has 1 saturated carbocycles. The van der Waals surface area contributed by atoms with E-state index in [-0.39, 0.29) is 6.04 Å². The van der Waals surface area contributed by atoms with Gasteiger partial charge in [-0.05, 0) is 38.5 Å². The van der Waals surface area contributed by atoms with Gasteiger partial charge in [0.1, 0.15) is 5.78 Å². The molecule has 0 bridgehead atoms. The molecule has 0 radical (unpaired) electrons. The first-order valence-corrected chi connectivity index (χ1v) is 6.89. The van der Waals surface area contributed by atoms with Crippen LogP contribution in [0.25, 0.3) is 0 Å². The fraction of sp³-hybridized carbons (Fsp3) is 0.909. The molecule has 2 unspecified atom stereocenters. The number of piperidine rings is 1. The molecular weight excluding hydrogens is 194 g/mol. The third-order valence-corrected chi connectivity index (χ3v) is 4.51. The summed E-state index contributed by atoms with van der Waals surface area (Å²) in [5.41, 5.74) is 0. The molecule has 2 atom stereocenters. The maximum absolute atomic E-state index is 11.6. The number of carbonyl (C=O) groups is 1. The number of thioether (sulfide) groups is 1. The third-order valence-electron chi connectivity index (χ3n) is 3.46. The summed E-state index contributed by atoms with van der Waals surface area (Å²) >= 11 is 1.96. The SMILES string of the molecule is CSC1CCCN(C2CCCC2=O)C1. The van der Waals surface area contributed by atoms with E-state index in [1.165, 1.54) is 12.8 Å². The minimum Gasteiger partial charge on any atom is -0.298 e. The highest BCUT2D eigenvalue weighted by molar-refractivity contribution is 7.99. The third kappa shape index (κ3) is 2.14. The summed E-state index contributed by atoms with van der Waals surface area (Å²) in [6, 6.07) is 0.282. The average molecular weight is 213 g/mol. The number of hydrogen-bond acceptors (Lipinski definition) is 3. The van der Waals surface area contributed by atoms with E-state index in [2.05, 4.69) is 11.2 Å². The van der Waals surface area contributed by atoms with Crippen LogP contribution in [0.15, 0.2) is 0 Å². The van der Waals surface area contributed by atoms with E-state index in [9.17, 15) is 4.79 Å². The fourth-order valence-corrected chi connectivity index (χ4v) is 3.37. The predicted octanol–water partition coefficient (Wildman–Crippen LogP) is 1.94.